The molecule has 118 valence electrons. The van der Waals surface area contributed by atoms with E-state index in [0.29, 0.717) is 16.2 Å². The molecule has 5 nitrogen and oxygen atoms in total. The summed E-state index contributed by atoms with van der Waals surface area (Å²) < 4.78 is 2.87. The molecule has 0 bridgehead atoms. The first kappa shape index (κ1) is 16.9. The van der Waals surface area contributed by atoms with Crippen molar-refractivity contribution < 1.29 is 9.90 Å². The van der Waals surface area contributed by atoms with E-state index in [1.54, 1.807) is 19.0 Å². The summed E-state index contributed by atoms with van der Waals surface area (Å²) in [5, 5.41) is 9.27. The van der Waals surface area contributed by atoms with Crippen LogP contribution in [0.3, 0.4) is 0 Å². The SMILES string of the molecule is Cc1c(C(=O)N(C)C)sc(=Nc2ccc(Br)cc2)n1CCO. The number of hydrogen-bond acceptors (Lipinski definition) is 4. The molecule has 2 aromatic rings. The van der Waals surface area contributed by atoms with Gasteiger partial charge in [0, 0.05) is 30.8 Å². The van der Waals surface area contributed by atoms with Gasteiger partial charge in [0.2, 0.25) is 0 Å². The number of carbonyl (C=O) groups is 1. The Morgan fingerprint density at radius 1 is 1.36 bits per heavy atom. The predicted molar refractivity (Wildman–Crippen MR) is 91.5 cm³/mol. The van der Waals surface area contributed by atoms with Crippen molar-refractivity contribution in [2.45, 2.75) is 13.5 Å². The van der Waals surface area contributed by atoms with Crippen molar-refractivity contribution in [1.82, 2.24) is 9.47 Å². The van der Waals surface area contributed by atoms with Crippen LogP contribution >= 0.6 is 27.3 Å². The van der Waals surface area contributed by atoms with Gasteiger partial charge in [-0.15, -0.1) is 0 Å². The molecule has 0 unspecified atom stereocenters. The van der Waals surface area contributed by atoms with Gasteiger partial charge in [-0.2, -0.15) is 0 Å². The van der Waals surface area contributed by atoms with Gasteiger partial charge in [0.15, 0.2) is 4.80 Å². The first-order valence-corrected chi connectivity index (χ1v) is 8.38. The van der Waals surface area contributed by atoms with Crippen molar-refractivity contribution >= 4 is 38.9 Å². The molecule has 0 aliphatic rings. The monoisotopic (exact) mass is 383 g/mol. The smallest absolute Gasteiger partial charge is 0.265 e. The zero-order valence-electron chi connectivity index (χ0n) is 12.7. The topological polar surface area (TPSA) is 57.8 Å². The van der Waals surface area contributed by atoms with Gasteiger partial charge < -0.3 is 14.6 Å². The van der Waals surface area contributed by atoms with E-state index in [1.807, 2.05) is 35.8 Å². The fourth-order valence-electron chi connectivity index (χ4n) is 1.96. The van der Waals surface area contributed by atoms with Gasteiger partial charge in [0.25, 0.3) is 5.91 Å². The molecule has 0 atom stereocenters. The van der Waals surface area contributed by atoms with Crippen LogP contribution in [-0.4, -0.2) is 41.2 Å². The number of aliphatic hydroxyl groups excluding tert-OH is 1. The molecule has 0 spiro atoms. The highest BCUT2D eigenvalue weighted by atomic mass is 79.9. The normalized spacial score (nSPS) is 11.8. The molecule has 0 radical (unpaired) electrons. The molecule has 0 saturated carbocycles. The van der Waals surface area contributed by atoms with Crippen LogP contribution in [0.1, 0.15) is 15.4 Å². The minimum atomic E-state index is -0.0496. The van der Waals surface area contributed by atoms with Crippen molar-refractivity contribution in [3.05, 3.63) is 44.1 Å². The zero-order valence-corrected chi connectivity index (χ0v) is 15.1. The van der Waals surface area contributed by atoms with Gasteiger partial charge in [-0.1, -0.05) is 27.3 Å². The number of rotatable bonds is 4. The maximum Gasteiger partial charge on any atom is 0.265 e. The van der Waals surface area contributed by atoms with Gasteiger partial charge in [0.1, 0.15) is 4.88 Å². The van der Waals surface area contributed by atoms with Crippen LogP contribution in [0.5, 0.6) is 0 Å². The second-order valence-corrected chi connectivity index (χ2v) is 6.86. The first-order chi connectivity index (χ1) is 10.4. The lowest BCUT2D eigenvalue weighted by Gasteiger charge is -2.09. The molecule has 1 aromatic heterocycles. The highest BCUT2D eigenvalue weighted by molar-refractivity contribution is 9.10. The molecule has 1 N–H and O–H groups in total. The predicted octanol–water partition coefficient (Wildman–Crippen LogP) is 2.55. The Kier molecular flexibility index (Phi) is 5.55. The quantitative estimate of drug-likeness (QED) is 0.881. The average molecular weight is 384 g/mol. The van der Waals surface area contributed by atoms with Crippen molar-refractivity contribution in [3.63, 3.8) is 0 Å². The Balaban J connectivity index is 2.56. The number of amides is 1. The lowest BCUT2D eigenvalue weighted by molar-refractivity contribution is 0.0830. The fraction of sp³-hybridized carbons (Fsp3) is 0.333. The standard InChI is InChI=1S/C15H18BrN3O2S/c1-10-13(14(21)18(2)3)22-15(19(10)8-9-20)17-12-6-4-11(16)5-7-12/h4-7,20H,8-9H2,1-3H3. The number of benzene rings is 1. The number of aromatic nitrogens is 1. The Morgan fingerprint density at radius 3 is 2.55 bits per heavy atom. The van der Waals surface area contributed by atoms with Gasteiger partial charge in [-0.25, -0.2) is 4.99 Å². The number of nitrogens with zero attached hydrogens (tertiary/aromatic N) is 3. The summed E-state index contributed by atoms with van der Waals surface area (Å²) in [7, 11) is 3.45. The summed E-state index contributed by atoms with van der Waals surface area (Å²) in [5.41, 5.74) is 1.63. The number of aliphatic hydroxyl groups is 1. The Morgan fingerprint density at radius 2 is 2.00 bits per heavy atom. The molecule has 1 aromatic carbocycles. The van der Waals surface area contributed by atoms with Gasteiger partial charge in [-0.3, -0.25) is 4.79 Å². The van der Waals surface area contributed by atoms with Crippen molar-refractivity contribution in [2.75, 3.05) is 20.7 Å². The van der Waals surface area contributed by atoms with E-state index >= 15 is 0 Å². The Labute approximate surface area is 141 Å². The van der Waals surface area contributed by atoms with Crippen molar-refractivity contribution in [3.8, 4) is 0 Å². The molecule has 22 heavy (non-hydrogen) atoms. The number of carbonyl (C=O) groups excluding carboxylic acids is 1. The molecule has 0 aliphatic carbocycles. The van der Waals surface area contributed by atoms with E-state index in [2.05, 4.69) is 20.9 Å². The summed E-state index contributed by atoms with van der Waals surface area (Å²) in [5.74, 6) is -0.0496. The second-order valence-electron chi connectivity index (χ2n) is 4.96. The molecular formula is C15H18BrN3O2S. The van der Waals surface area contributed by atoms with E-state index < -0.39 is 0 Å². The van der Waals surface area contributed by atoms with Crippen LogP contribution < -0.4 is 4.80 Å². The Hall–Kier alpha value is -1.44. The lowest BCUT2D eigenvalue weighted by Crippen LogP contribution is -2.22. The van der Waals surface area contributed by atoms with Gasteiger partial charge in [-0.05, 0) is 31.2 Å². The summed E-state index contributed by atoms with van der Waals surface area (Å²) in [6, 6.07) is 7.63. The third-order valence-electron chi connectivity index (χ3n) is 3.13. The van der Waals surface area contributed by atoms with E-state index in [4.69, 9.17) is 0 Å². The number of hydrogen-bond donors (Lipinski definition) is 1. The van der Waals surface area contributed by atoms with Crippen LogP contribution in [-0.2, 0) is 6.54 Å². The minimum absolute atomic E-state index is 0.000687. The number of thiazole rings is 1. The Bertz CT molecular complexity index is 732. The molecule has 7 heteroatoms. The van der Waals surface area contributed by atoms with Crippen LogP contribution in [0, 0.1) is 6.92 Å². The first-order valence-electron chi connectivity index (χ1n) is 6.77. The zero-order chi connectivity index (χ0) is 16.3. The van der Waals surface area contributed by atoms with Crippen LogP contribution in [0.15, 0.2) is 33.7 Å². The molecule has 2 rings (SSSR count). The minimum Gasteiger partial charge on any atom is -0.395 e. The molecular weight excluding hydrogens is 366 g/mol. The third-order valence-corrected chi connectivity index (χ3v) is 4.83. The van der Waals surface area contributed by atoms with Crippen LogP contribution in [0.4, 0.5) is 5.69 Å². The van der Waals surface area contributed by atoms with Gasteiger partial charge in [0.05, 0.1) is 12.3 Å². The molecule has 1 heterocycles. The summed E-state index contributed by atoms with van der Waals surface area (Å²) >= 11 is 4.74. The summed E-state index contributed by atoms with van der Waals surface area (Å²) in [4.78, 5) is 19.7. The second kappa shape index (κ2) is 7.21. The van der Waals surface area contributed by atoms with E-state index in [1.165, 1.54) is 11.3 Å². The average Bonchev–Trinajstić information content (AvgIpc) is 2.78. The highest BCUT2D eigenvalue weighted by Crippen LogP contribution is 2.18. The van der Waals surface area contributed by atoms with Crippen LogP contribution in [0.2, 0.25) is 0 Å². The lowest BCUT2D eigenvalue weighted by atomic mass is 10.3. The molecule has 1 amide bonds. The molecule has 0 fully saturated rings. The van der Waals surface area contributed by atoms with E-state index in [9.17, 15) is 9.90 Å². The van der Waals surface area contributed by atoms with E-state index in [-0.39, 0.29) is 12.5 Å². The summed E-state index contributed by atoms with van der Waals surface area (Å²) in [6.07, 6.45) is 0. The van der Waals surface area contributed by atoms with Crippen molar-refractivity contribution in [1.29, 1.82) is 0 Å². The van der Waals surface area contributed by atoms with E-state index in [0.717, 1.165) is 15.9 Å². The van der Waals surface area contributed by atoms with Gasteiger partial charge >= 0.3 is 0 Å². The molecule has 0 aliphatic heterocycles. The molecule has 0 saturated heterocycles. The summed E-state index contributed by atoms with van der Waals surface area (Å²) in [6.45, 7) is 2.29. The largest absolute Gasteiger partial charge is 0.395 e. The third kappa shape index (κ3) is 3.66. The highest BCUT2D eigenvalue weighted by Gasteiger charge is 2.18. The number of halogens is 1. The van der Waals surface area contributed by atoms with Crippen molar-refractivity contribution in [2.24, 2.45) is 4.99 Å². The van der Waals surface area contributed by atoms with Crippen LogP contribution in [0.25, 0.3) is 0 Å². The fourth-order valence-corrected chi connectivity index (χ4v) is 3.42. The maximum atomic E-state index is 12.2. The maximum absolute atomic E-state index is 12.2.